The Labute approximate surface area is 130 Å². The van der Waals surface area contributed by atoms with Crippen molar-refractivity contribution in [2.24, 2.45) is 5.73 Å². The van der Waals surface area contributed by atoms with Gasteiger partial charge in [-0.1, -0.05) is 24.4 Å². The molecule has 0 radical (unpaired) electrons. The highest BCUT2D eigenvalue weighted by atomic mass is 32.2. The molecule has 1 aliphatic rings. The molecule has 7 heteroatoms. The zero-order valence-corrected chi connectivity index (χ0v) is 13.3. The van der Waals surface area contributed by atoms with Crippen molar-refractivity contribution in [3.63, 3.8) is 0 Å². The van der Waals surface area contributed by atoms with Crippen LogP contribution in [0.25, 0.3) is 0 Å². The van der Waals surface area contributed by atoms with Gasteiger partial charge in [-0.05, 0) is 25.0 Å². The second kappa shape index (κ2) is 7.31. The average molecular weight is 329 g/mol. The summed E-state index contributed by atoms with van der Waals surface area (Å²) in [5, 5.41) is 0. The molecule has 21 heavy (non-hydrogen) atoms. The van der Waals surface area contributed by atoms with Crippen LogP contribution in [0.5, 0.6) is 0 Å². The molecule has 0 saturated carbocycles. The highest BCUT2D eigenvalue weighted by Crippen LogP contribution is 2.15. The summed E-state index contributed by atoms with van der Waals surface area (Å²) in [5.74, 6) is -0.0689. The van der Waals surface area contributed by atoms with E-state index in [2.05, 4.69) is 0 Å². The van der Waals surface area contributed by atoms with Crippen molar-refractivity contribution in [3.05, 3.63) is 29.8 Å². The first-order chi connectivity index (χ1) is 9.99. The fourth-order valence-electron chi connectivity index (χ4n) is 2.12. The molecule has 2 rings (SSSR count). The number of benzene rings is 1. The van der Waals surface area contributed by atoms with E-state index in [1.54, 1.807) is 12.1 Å². The van der Waals surface area contributed by atoms with Gasteiger partial charge in [-0.15, -0.1) is 0 Å². The Balaban J connectivity index is 1.88. The molecule has 116 valence electrons. The Bertz CT molecular complexity index is 595. The van der Waals surface area contributed by atoms with Crippen LogP contribution in [0.4, 0.5) is 0 Å². The van der Waals surface area contributed by atoms with Crippen molar-refractivity contribution in [1.29, 1.82) is 0 Å². The average Bonchev–Trinajstić information content (AvgIpc) is 2.97. The van der Waals surface area contributed by atoms with Crippen LogP contribution in [0.15, 0.2) is 29.2 Å². The maximum atomic E-state index is 12.2. The molecule has 1 unspecified atom stereocenters. The Morgan fingerprint density at radius 3 is 2.95 bits per heavy atom. The summed E-state index contributed by atoms with van der Waals surface area (Å²) in [6.45, 7) is 1.36. The van der Waals surface area contributed by atoms with E-state index >= 15 is 0 Å². The number of thiocarbonyl (C=S) groups is 1. The number of nitrogens with two attached hydrogens (primary N) is 1. The number of ether oxygens (including phenoxy) is 2. The van der Waals surface area contributed by atoms with Crippen molar-refractivity contribution >= 4 is 27.0 Å². The quantitative estimate of drug-likeness (QED) is 0.600. The lowest BCUT2D eigenvalue weighted by atomic mass is 10.2. The van der Waals surface area contributed by atoms with E-state index < -0.39 is 9.84 Å². The van der Waals surface area contributed by atoms with Crippen LogP contribution in [-0.2, 0) is 19.3 Å². The van der Waals surface area contributed by atoms with Crippen LogP contribution in [0, 0.1) is 0 Å². The first-order valence-electron chi connectivity index (χ1n) is 6.81. The maximum absolute atomic E-state index is 12.2. The van der Waals surface area contributed by atoms with Gasteiger partial charge >= 0.3 is 0 Å². The molecule has 1 aromatic rings. The van der Waals surface area contributed by atoms with E-state index in [9.17, 15) is 8.42 Å². The first-order valence-corrected chi connectivity index (χ1v) is 8.87. The van der Waals surface area contributed by atoms with Gasteiger partial charge < -0.3 is 15.2 Å². The molecule has 1 atom stereocenters. The van der Waals surface area contributed by atoms with Crippen molar-refractivity contribution < 1.29 is 17.9 Å². The van der Waals surface area contributed by atoms with Gasteiger partial charge in [0.1, 0.15) is 4.99 Å². The third kappa shape index (κ3) is 4.74. The largest absolute Gasteiger partial charge is 0.389 e. The molecular weight excluding hydrogens is 310 g/mol. The van der Waals surface area contributed by atoms with Gasteiger partial charge in [0.2, 0.25) is 0 Å². The molecule has 0 spiro atoms. The smallest absolute Gasteiger partial charge is 0.180 e. The van der Waals surface area contributed by atoms with Crippen LogP contribution in [0.2, 0.25) is 0 Å². The number of rotatable bonds is 7. The maximum Gasteiger partial charge on any atom is 0.180 e. The standard InChI is InChI=1S/C14H19NO4S2/c15-14(20)11-3-1-5-13(9-11)21(16,17)8-7-18-10-12-4-2-6-19-12/h1,3,5,9,12H,2,4,6-8,10H2,(H2,15,20). The van der Waals surface area contributed by atoms with Crippen LogP contribution < -0.4 is 5.73 Å². The van der Waals surface area contributed by atoms with Crippen molar-refractivity contribution in [1.82, 2.24) is 0 Å². The van der Waals surface area contributed by atoms with Gasteiger partial charge in [-0.25, -0.2) is 8.42 Å². The summed E-state index contributed by atoms with van der Waals surface area (Å²) in [5.41, 5.74) is 6.06. The van der Waals surface area contributed by atoms with Crippen molar-refractivity contribution in [2.45, 2.75) is 23.8 Å². The topological polar surface area (TPSA) is 78.6 Å². The predicted molar refractivity (Wildman–Crippen MR) is 84.2 cm³/mol. The van der Waals surface area contributed by atoms with Crippen molar-refractivity contribution in [2.75, 3.05) is 25.6 Å². The molecule has 1 aromatic carbocycles. The van der Waals surface area contributed by atoms with Crippen molar-refractivity contribution in [3.8, 4) is 0 Å². The summed E-state index contributed by atoms with van der Waals surface area (Å²) in [7, 11) is -3.39. The van der Waals surface area contributed by atoms with Crippen LogP contribution in [-0.4, -0.2) is 45.1 Å². The number of sulfone groups is 1. The summed E-state index contributed by atoms with van der Waals surface area (Å²) < 4.78 is 35.2. The number of hydrogen-bond acceptors (Lipinski definition) is 5. The van der Waals surface area contributed by atoms with E-state index in [1.165, 1.54) is 12.1 Å². The van der Waals surface area contributed by atoms with Gasteiger partial charge in [0.05, 0.1) is 30.0 Å². The lowest BCUT2D eigenvalue weighted by Gasteiger charge is -2.10. The zero-order chi connectivity index (χ0) is 15.3. The second-order valence-electron chi connectivity index (χ2n) is 4.92. The monoisotopic (exact) mass is 329 g/mol. The third-order valence-electron chi connectivity index (χ3n) is 3.30. The van der Waals surface area contributed by atoms with Gasteiger partial charge in [0, 0.05) is 12.2 Å². The minimum atomic E-state index is -3.39. The fourth-order valence-corrected chi connectivity index (χ4v) is 3.41. The minimum Gasteiger partial charge on any atom is -0.389 e. The van der Waals surface area contributed by atoms with E-state index in [0.717, 1.165) is 19.4 Å². The highest BCUT2D eigenvalue weighted by molar-refractivity contribution is 7.91. The lowest BCUT2D eigenvalue weighted by Crippen LogP contribution is -2.19. The molecule has 0 bridgehead atoms. The van der Waals surface area contributed by atoms with E-state index in [-0.39, 0.29) is 28.3 Å². The molecule has 0 aromatic heterocycles. The Kier molecular flexibility index (Phi) is 5.69. The fraction of sp³-hybridized carbons (Fsp3) is 0.500. The molecule has 5 nitrogen and oxygen atoms in total. The molecule has 0 aliphatic carbocycles. The SMILES string of the molecule is NC(=S)c1cccc(S(=O)(=O)CCOCC2CCCO2)c1. The predicted octanol–water partition coefficient (Wildman–Crippen LogP) is 1.29. The van der Waals surface area contributed by atoms with Gasteiger partial charge in [-0.3, -0.25) is 0 Å². The summed E-state index contributed by atoms with van der Waals surface area (Å²) in [6, 6.07) is 6.36. The molecule has 1 saturated heterocycles. The second-order valence-corrected chi connectivity index (χ2v) is 7.47. The molecule has 2 N–H and O–H groups in total. The van der Waals surface area contributed by atoms with E-state index in [0.29, 0.717) is 12.2 Å². The zero-order valence-electron chi connectivity index (χ0n) is 11.7. The first kappa shape index (κ1) is 16.4. The Morgan fingerprint density at radius 2 is 2.29 bits per heavy atom. The molecular formula is C14H19NO4S2. The minimum absolute atomic E-state index is 0.0689. The van der Waals surface area contributed by atoms with Gasteiger partial charge in [0.15, 0.2) is 9.84 Å². The normalized spacial score (nSPS) is 18.8. The highest BCUT2D eigenvalue weighted by Gasteiger charge is 2.18. The number of hydrogen-bond donors (Lipinski definition) is 1. The van der Waals surface area contributed by atoms with Gasteiger partial charge in [-0.2, -0.15) is 0 Å². The molecule has 1 heterocycles. The third-order valence-corrected chi connectivity index (χ3v) is 5.21. The Morgan fingerprint density at radius 1 is 1.48 bits per heavy atom. The Hall–Kier alpha value is -1.02. The summed E-state index contributed by atoms with van der Waals surface area (Å²) >= 11 is 4.86. The molecule has 1 fully saturated rings. The summed E-state index contributed by atoms with van der Waals surface area (Å²) in [6.07, 6.45) is 2.12. The molecule has 1 aliphatic heterocycles. The molecule has 0 amide bonds. The lowest BCUT2D eigenvalue weighted by molar-refractivity contribution is 0.0223. The van der Waals surface area contributed by atoms with E-state index in [4.69, 9.17) is 27.4 Å². The van der Waals surface area contributed by atoms with Crippen LogP contribution >= 0.6 is 12.2 Å². The van der Waals surface area contributed by atoms with Gasteiger partial charge in [0.25, 0.3) is 0 Å². The van der Waals surface area contributed by atoms with E-state index in [1.807, 2.05) is 0 Å². The van der Waals surface area contributed by atoms with Crippen LogP contribution in [0.3, 0.4) is 0 Å². The summed E-state index contributed by atoms with van der Waals surface area (Å²) in [4.78, 5) is 0.398. The van der Waals surface area contributed by atoms with Crippen LogP contribution in [0.1, 0.15) is 18.4 Å².